The van der Waals surface area contributed by atoms with Gasteiger partial charge in [0.15, 0.2) is 18.7 Å². The van der Waals surface area contributed by atoms with E-state index in [4.69, 9.17) is 42.6 Å². The van der Waals surface area contributed by atoms with Gasteiger partial charge in [-0.1, -0.05) is 33.8 Å². The number of likely N-dealkylation sites (N-methyl/N-ethyl adjacent to an activating group) is 1. The van der Waals surface area contributed by atoms with Gasteiger partial charge in [-0.25, -0.2) is 0 Å². The summed E-state index contributed by atoms with van der Waals surface area (Å²) in [5, 5.41) is 23.7. The highest BCUT2D eigenvalue weighted by molar-refractivity contribution is 5.83. The summed E-state index contributed by atoms with van der Waals surface area (Å²) >= 11 is 0. The van der Waals surface area contributed by atoms with Crippen LogP contribution in [0.3, 0.4) is 0 Å². The van der Waals surface area contributed by atoms with Crippen molar-refractivity contribution in [2.45, 2.75) is 186 Å². The van der Waals surface area contributed by atoms with Crippen LogP contribution in [0.5, 0.6) is 0 Å². The van der Waals surface area contributed by atoms with Crippen LogP contribution < -0.4 is 0 Å². The summed E-state index contributed by atoms with van der Waals surface area (Å²) < 4.78 is 56.9. The molecule has 3 fully saturated rings. The van der Waals surface area contributed by atoms with Crippen molar-refractivity contribution < 1.29 is 67.2 Å². The molecule has 15 heteroatoms. The number of cyclic esters (lactones) is 1. The minimum Gasteiger partial charge on any atom is -0.459 e. The first-order chi connectivity index (χ1) is 26.9. The number of aliphatic hydroxyl groups is 2. The molecule has 0 aromatic rings. The lowest BCUT2D eigenvalue weighted by Crippen LogP contribution is -2.62. The Bertz CT molecular complexity index is 1380. The number of methoxy groups -OCH3 is 2. The third-order valence-corrected chi connectivity index (χ3v) is 13.0. The largest absolute Gasteiger partial charge is 0.459 e. The highest BCUT2D eigenvalue weighted by Crippen LogP contribution is 2.42. The molecule has 0 spiro atoms. The number of ketones is 1. The van der Waals surface area contributed by atoms with Crippen LogP contribution in [0, 0.1) is 23.7 Å². The quantitative estimate of drug-likeness (QED) is 0.211. The highest BCUT2D eigenvalue weighted by atomic mass is 16.7. The van der Waals surface area contributed by atoms with Gasteiger partial charge in [0.2, 0.25) is 0 Å². The molecule has 58 heavy (non-hydrogen) atoms. The third-order valence-electron chi connectivity index (χ3n) is 13.0. The predicted molar refractivity (Wildman–Crippen MR) is 215 cm³/mol. The van der Waals surface area contributed by atoms with Gasteiger partial charge in [0.25, 0.3) is 0 Å². The van der Waals surface area contributed by atoms with Gasteiger partial charge in [0, 0.05) is 51.4 Å². The summed E-state index contributed by atoms with van der Waals surface area (Å²) in [6, 6.07) is -0.294. The zero-order valence-corrected chi connectivity index (χ0v) is 37.7. The molecule has 18 atom stereocenters. The lowest BCUT2D eigenvalue weighted by Gasteiger charge is -2.50. The number of Topliss-reactive ketones (excluding diaryl/α,β-unsaturated/α-hetero) is 1. The molecule has 3 rings (SSSR count). The average molecular weight is 830 g/mol. The molecule has 0 bridgehead atoms. The monoisotopic (exact) mass is 830 g/mol. The first kappa shape index (κ1) is 50.3. The fourth-order valence-electron chi connectivity index (χ4n) is 9.37. The second-order valence-electron chi connectivity index (χ2n) is 17.8. The van der Waals surface area contributed by atoms with Crippen molar-refractivity contribution in [3.05, 3.63) is 12.7 Å². The van der Waals surface area contributed by atoms with E-state index in [9.17, 15) is 24.6 Å². The van der Waals surface area contributed by atoms with Crippen LogP contribution in [0.4, 0.5) is 0 Å². The van der Waals surface area contributed by atoms with E-state index in [-0.39, 0.29) is 43.8 Å². The Morgan fingerprint density at radius 2 is 1.53 bits per heavy atom. The average Bonchev–Trinajstić information content (AvgIpc) is 3.17. The summed E-state index contributed by atoms with van der Waals surface area (Å²) in [7, 11) is 6.81. The van der Waals surface area contributed by atoms with Gasteiger partial charge >= 0.3 is 11.9 Å². The molecule has 0 radical (unpaired) electrons. The van der Waals surface area contributed by atoms with E-state index in [1.807, 2.05) is 53.6 Å². The normalized spacial score (nSPS) is 45.0. The molecule has 0 amide bonds. The van der Waals surface area contributed by atoms with Crippen LogP contribution in [0.2, 0.25) is 0 Å². The van der Waals surface area contributed by atoms with E-state index < -0.39 is 108 Å². The van der Waals surface area contributed by atoms with Crippen LogP contribution in [-0.4, -0.2) is 152 Å². The number of aliphatic hydroxyl groups excluding tert-OH is 2. The van der Waals surface area contributed by atoms with Crippen molar-refractivity contribution in [3.8, 4) is 0 Å². The summed E-state index contributed by atoms with van der Waals surface area (Å²) in [6.07, 6.45) is -6.62. The van der Waals surface area contributed by atoms with Gasteiger partial charge in [-0.3, -0.25) is 14.4 Å². The molecule has 336 valence electrons. The topological polar surface area (TPSA) is 178 Å². The van der Waals surface area contributed by atoms with Crippen LogP contribution in [0.1, 0.15) is 102 Å². The second kappa shape index (κ2) is 20.7. The van der Waals surface area contributed by atoms with Gasteiger partial charge in [-0.05, 0) is 74.9 Å². The van der Waals surface area contributed by atoms with Gasteiger partial charge < -0.3 is 57.7 Å². The second-order valence-corrected chi connectivity index (χ2v) is 17.8. The molecule has 0 aromatic heterocycles. The number of rotatable bonds is 12. The molecule has 3 saturated heterocycles. The first-order valence-electron chi connectivity index (χ1n) is 20.9. The van der Waals surface area contributed by atoms with Gasteiger partial charge in [0.05, 0.1) is 48.6 Å². The first-order valence-corrected chi connectivity index (χ1v) is 20.9. The Labute approximate surface area is 346 Å². The van der Waals surface area contributed by atoms with E-state index >= 15 is 0 Å². The maximum Gasteiger partial charge on any atom is 0.311 e. The number of hydrogen-bond donors (Lipinski definition) is 2. The van der Waals surface area contributed by atoms with Gasteiger partial charge in [-0.2, -0.15) is 0 Å². The maximum absolute atomic E-state index is 14.6. The Hall–Kier alpha value is -2.05. The van der Waals surface area contributed by atoms with Crippen molar-refractivity contribution in [1.82, 2.24) is 4.90 Å². The van der Waals surface area contributed by atoms with E-state index in [2.05, 4.69) is 6.58 Å². The molecule has 3 heterocycles. The molecule has 0 unspecified atom stereocenters. The highest BCUT2D eigenvalue weighted by Gasteiger charge is 2.55. The lowest BCUT2D eigenvalue weighted by atomic mass is 9.73. The van der Waals surface area contributed by atoms with Gasteiger partial charge in [0.1, 0.15) is 29.2 Å². The minimum atomic E-state index is -1.50. The van der Waals surface area contributed by atoms with Crippen LogP contribution in [0.25, 0.3) is 0 Å². The smallest absolute Gasteiger partial charge is 0.311 e. The minimum absolute atomic E-state index is 0.0311. The zero-order valence-electron chi connectivity index (χ0n) is 37.7. The van der Waals surface area contributed by atoms with Crippen LogP contribution in [-0.2, 0) is 57.0 Å². The number of esters is 2. The molecule has 0 aromatic carbocycles. The SMILES string of the molecule is C=CCO[C@@]1(C)[C@H](O)[C@@H](C)C(=O)[C@H](C)C[C@@](C)(OC)[C@H](O[C@@H]2O[C@H](C)C[C@H](N(C)C)[C@H]2O)[C@@H](C)[C@H](O[C@H]2C[C@@](C)(OC)[C@@H](OC(C)=O)[C@H](C)O2)[C@@H](C)C(=O)O[C@@H]1CC. The number of carbonyl (C=O) groups excluding carboxylic acids is 3. The maximum atomic E-state index is 14.6. The number of ether oxygens (including phenoxy) is 9. The number of hydrogen-bond acceptors (Lipinski definition) is 15. The lowest BCUT2D eigenvalue weighted by molar-refractivity contribution is -0.320. The summed E-state index contributed by atoms with van der Waals surface area (Å²) in [4.78, 5) is 43.0. The van der Waals surface area contributed by atoms with Crippen molar-refractivity contribution in [1.29, 1.82) is 0 Å². The predicted octanol–water partition coefficient (Wildman–Crippen LogP) is 4.22. The fraction of sp³-hybridized carbons (Fsp3) is 0.884. The molecule has 3 aliphatic rings. The summed E-state index contributed by atoms with van der Waals surface area (Å²) in [6.45, 7) is 22.9. The van der Waals surface area contributed by atoms with E-state index in [0.29, 0.717) is 6.42 Å². The molecule has 0 aliphatic carbocycles. The summed E-state index contributed by atoms with van der Waals surface area (Å²) in [5.41, 5.74) is -3.79. The molecular weight excluding hydrogens is 754 g/mol. The summed E-state index contributed by atoms with van der Waals surface area (Å²) in [5.74, 6) is -4.73. The van der Waals surface area contributed by atoms with Crippen molar-refractivity contribution in [3.63, 3.8) is 0 Å². The van der Waals surface area contributed by atoms with E-state index in [1.165, 1.54) is 27.2 Å². The Kier molecular flexibility index (Phi) is 17.9. The molecular formula is C43H75NO14. The standard InChI is InChI=1S/C43H75NO14/c1-17-19-52-43(12)31(18-2)56-39(49)27(7)35(57-32-22-42(11,51-16)38(28(8)54-32)55-29(9)45)26(6)37(58-40-34(47)30(44(13)14)20-24(4)53-40)41(10,50-15)21-23(3)33(46)25(5)36(43)48/h17,23-28,30-32,34-38,40,47-48H,1,18-22H2,2-16H3/t23-,24-,25+,26+,27-,28+,30+,31-,32+,34-,35+,36-,37-,38+,40+,41-,42-,43-/m1/s1. The fourth-order valence-corrected chi connectivity index (χ4v) is 9.37. The molecule has 15 nitrogen and oxygen atoms in total. The molecule has 0 saturated carbocycles. The molecule has 3 aliphatic heterocycles. The van der Waals surface area contributed by atoms with E-state index in [0.717, 1.165) is 0 Å². The van der Waals surface area contributed by atoms with E-state index in [1.54, 1.807) is 34.6 Å². The number of carbonyl (C=O) groups is 3. The third kappa shape index (κ3) is 11.1. The Morgan fingerprint density at radius 3 is 2.07 bits per heavy atom. The van der Waals surface area contributed by atoms with Crippen LogP contribution in [0.15, 0.2) is 12.7 Å². The molecule has 2 N–H and O–H groups in total. The Morgan fingerprint density at radius 1 is 0.931 bits per heavy atom. The van der Waals surface area contributed by atoms with Crippen molar-refractivity contribution in [2.24, 2.45) is 23.7 Å². The van der Waals surface area contributed by atoms with Gasteiger partial charge in [-0.15, -0.1) is 6.58 Å². The van der Waals surface area contributed by atoms with Crippen LogP contribution >= 0.6 is 0 Å². The van der Waals surface area contributed by atoms with Crippen molar-refractivity contribution >= 4 is 17.7 Å². The number of nitrogens with zero attached hydrogens (tertiary/aromatic N) is 1. The zero-order chi connectivity index (χ0) is 44.1. The van der Waals surface area contributed by atoms with Crippen molar-refractivity contribution in [2.75, 3.05) is 34.9 Å². The Balaban J connectivity index is 2.26.